The Bertz CT molecular complexity index is 117. The van der Waals surface area contributed by atoms with Crippen molar-refractivity contribution in [3.05, 3.63) is 0 Å². The Balaban J connectivity index is 2.95. The highest BCUT2D eigenvalue weighted by Gasteiger charge is 1.98. The Kier molecular flexibility index (Phi) is 8.71. The maximum Gasteiger partial charge on any atom is 0.305 e. The maximum atomic E-state index is 10.6. The molecular formula is C8H16O3S. The third kappa shape index (κ3) is 7.88. The van der Waals surface area contributed by atoms with Crippen molar-refractivity contribution in [3.63, 3.8) is 0 Å². The van der Waals surface area contributed by atoms with Crippen molar-refractivity contribution >= 4 is 17.7 Å². The van der Waals surface area contributed by atoms with Crippen LogP contribution in [0.2, 0.25) is 0 Å². The lowest BCUT2D eigenvalue weighted by molar-refractivity contribution is -0.140. The number of carbonyl (C=O) groups excluding carboxylic acids is 1. The highest BCUT2D eigenvalue weighted by molar-refractivity contribution is 7.99. The molecule has 0 saturated heterocycles. The topological polar surface area (TPSA) is 35.5 Å². The van der Waals surface area contributed by atoms with Crippen LogP contribution in [0.5, 0.6) is 0 Å². The van der Waals surface area contributed by atoms with Gasteiger partial charge >= 0.3 is 5.97 Å². The van der Waals surface area contributed by atoms with E-state index in [4.69, 9.17) is 4.74 Å². The molecule has 0 unspecified atom stereocenters. The second-order valence-electron chi connectivity index (χ2n) is 2.28. The first kappa shape index (κ1) is 11.8. The fourth-order valence-electron chi connectivity index (χ4n) is 0.665. The van der Waals surface area contributed by atoms with Crippen LogP contribution in [0.15, 0.2) is 0 Å². The SMILES string of the molecule is COCCSCCCC(=O)OC. The zero-order chi connectivity index (χ0) is 9.23. The number of hydrogen-bond acceptors (Lipinski definition) is 4. The Hall–Kier alpha value is -0.220. The molecule has 0 aliphatic carbocycles. The highest BCUT2D eigenvalue weighted by atomic mass is 32.2. The van der Waals surface area contributed by atoms with E-state index in [0.29, 0.717) is 6.42 Å². The number of ether oxygens (including phenoxy) is 2. The van der Waals surface area contributed by atoms with E-state index in [-0.39, 0.29) is 5.97 Å². The van der Waals surface area contributed by atoms with Gasteiger partial charge in [-0.1, -0.05) is 0 Å². The lowest BCUT2D eigenvalue weighted by atomic mass is 10.3. The van der Waals surface area contributed by atoms with Crippen LogP contribution in [0.1, 0.15) is 12.8 Å². The quantitative estimate of drug-likeness (QED) is 0.450. The number of methoxy groups -OCH3 is 2. The largest absolute Gasteiger partial charge is 0.469 e. The van der Waals surface area contributed by atoms with Gasteiger partial charge in [0.25, 0.3) is 0 Å². The molecule has 0 saturated carbocycles. The van der Waals surface area contributed by atoms with E-state index in [9.17, 15) is 4.79 Å². The normalized spacial score (nSPS) is 9.83. The Labute approximate surface area is 77.8 Å². The monoisotopic (exact) mass is 192 g/mol. The molecule has 0 rings (SSSR count). The van der Waals surface area contributed by atoms with Crippen molar-refractivity contribution in [1.29, 1.82) is 0 Å². The minimum Gasteiger partial charge on any atom is -0.469 e. The number of esters is 1. The van der Waals surface area contributed by atoms with E-state index < -0.39 is 0 Å². The summed E-state index contributed by atoms with van der Waals surface area (Å²) in [6.45, 7) is 0.781. The van der Waals surface area contributed by atoms with E-state index in [2.05, 4.69) is 4.74 Å². The second kappa shape index (κ2) is 8.87. The van der Waals surface area contributed by atoms with Gasteiger partial charge in [0.1, 0.15) is 0 Å². The molecule has 0 atom stereocenters. The standard InChI is InChI=1S/C8H16O3S/c1-10-5-7-12-6-3-4-8(9)11-2/h3-7H2,1-2H3. The van der Waals surface area contributed by atoms with Gasteiger partial charge in [-0.3, -0.25) is 4.79 Å². The first-order chi connectivity index (χ1) is 5.81. The van der Waals surface area contributed by atoms with Crippen LogP contribution in [0.3, 0.4) is 0 Å². The van der Waals surface area contributed by atoms with Crippen LogP contribution in [-0.4, -0.2) is 38.3 Å². The first-order valence-corrected chi connectivity index (χ1v) is 5.10. The number of carbonyl (C=O) groups is 1. The van der Waals surface area contributed by atoms with E-state index in [0.717, 1.165) is 24.5 Å². The minimum absolute atomic E-state index is 0.123. The Morgan fingerprint density at radius 1 is 1.33 bits per heavy atom. The molecule has 0 aromatic rings. The van der Waals surface area contributed by atoms with Gasteiger partial charge in [0.15, 0.2) is 0 Å². The Morgan fingerprint density at radius 3 is 2.67 bits per heavy atom. The molecule has 0 radical (unpaired) electrons. The molecule has 4 heteroatoms. The lowest BCUT2D eigenvalue weighted by Crippen LogP contribution is -2.00. The summed E-state index contributed by atoms with van der Waals surface area (Å²) in [7, 11) is 3.11. The van der Waals surface area contributed by atoms with Gasteiger partial charge in [-0.05, 0) is 12.2 Å². The van der Waals surface area contributed by atoms with Gasteiger partial charge in [0.05, 0.1) is 13.7 Å². The summed E-state index contributed by atoms with van der Waals surface area (Å²) in [5, 5.41) is 0. The smallest absolute Gasteiger partial charge is 0.305 e. The molecule has 0 bridgehead atoms. The lowest BCUT2D eigenvalue weighted by Gasteiger charge is -1.99. The van der Waals surface area contributed by atoms with Crippen molar-refractivity contribution in [1.82, 2.24) is 0 Å². The number of thioether (sulfide) groups is 1. The molecule has 0 spiro atoms. The summed E-state index contributed by atoms with van der Waals surface area (Å²) in [5.74, 6) is 1.87. The fourth-order valence-corrected chi connectivity index (χ4v) is 1.50. The summed E-state index contributed by atoms with van der Waals surface area (Å²) in [6.07, 6.45) is 1.41. The van der Waals surface area contributed by atoms with Crippen LogP contribution in [0, 0.1) is 0 Å². The summed E-state index contributed by atoms with van der Waals surface area (Å²) < 4.78 is 9.38. The molecule has 0 amide bonds. The molecule has 0 aliphatic rings. The Morgan fingerprint density at radius 2 is 2.08 bits per heavy atom. The molecule has 0 fully saturated rings. The van der Waals surface area contributed by atoms with Gasteiger partial charge in [-0.2, -0.15) is 11.8 Å². The van der Waals surface area contributed by atoms with Crippen LogP contribution in [0.25, 0.3) is 0 Å². The van der Waals surface area contributed by atoms with Crippen LogP contribution in [0.4, 0.5) is 0 Å². The van der Waals surface area contributed by atoms with Crippen LogP contribution in [-0.2, 0) is 14.3 Å². The van der Waals surface area contributed by atoms with Crippen LogP contribution < -0.4 is 0 Å². The van der Waals surface area contributed by atoms with Crippen molar-refractivity contribution in [2.24, 2.45) is 0 Å². The third-order valence-electron chi connectivity index (χ3n) is 1.33. The number of hydrogen-bond donors (Lipinski definition) is 0. The van der Waals surface area contributed by atoms with Crippen molar-refractivity contribution in [2.75, 3.05) is 32.3 Å². The molecule has 0 heterocycles. The van der Waals surface area contributed by atoms with Crippen molar-refractivity contribution in [2.45, 2.75) is 12.8 Å². The molecule has 0 aromatic carbocycles. The zero-order valence-electron chi connectivity index (χ0n) is 7.67. The van der Waals surface area contributed by atoms with Gasteiger partial charge in [0, 0.05) is 19.3 Å². The minimum atomic E-state index is -0.123. The maximum absolute atomic E-state index is 10.6. The first-order valence-electron chi connectivity index (χ1n) is 3.94. The van der Waals surface area contributed by atoms with Crippen LogP contribution >= 0.6 is 11.8 Å². The molecule has 12 heavy (non-hydrogen) atoms. The fraction of sp³-hybridized carbons (Fsp3) is 0.875. The van der Waals surface area contributed by atoms with Gasteiger partial charge in [-0.25, -0.2) is 0 Å². The van der Waals surface area contributed by atoms with E-state index >= 15 is 0 Å². The van der Waals surface area contributed by atoms with E-state index in [1.54, 1.807) is 18.9 Å². The highest BCUT2D eigenvalue weighted by Crippen LogP contribution is 2.04. The van der Waals surface area contributed by atoms with Gasteiger partial charge in [0.2, 0.25) is 0 Å². The van der Waals surface area contributed by atoms with Gasteiger partial charge < -0.3 is 9.47 Å². The number of rotatable bonds is 7. The van der Waals surface area contributed by atoms with E-state index in [1.807, 2.05) is 0 Å². The average molecular weight is 192 g/mol. The van der Waals surface area contributed by atoms with Gasteiger partial charge in [-0.15, -0.1) is 0 Å². The predicted octanol–water partition coefficient (Wildman–Crippen LogP) is 1.32. The summed E-state index contributed by atoms with van der Waals surface area (Å²) in [4.78, 5) is 10.6. The summed E-state index contributed by atoms with van der Waals surface area (Å²) in [5.41, 5.74) is 0. The van der Waals surface area contributed by atoms with Crippen molar-refractivity contribution < 1.29 is 14.3 Å². The molecule has 3 nitrogen and oxygen atoms in total. The predicted molar refractivity (Wildman–Crippen MR) is 50.5 cm³/mol. The van der Waals surface area contributed by atoms with Crippen molar-refractivity contribution in [3.8, 4) is 0 Å². The zero-order valence-corrected chi connectivity index (χ0v) is 8.49. The summed E-state index contributed by atoms with van der Waals surface area (Å²) >= 11 is 1.80. The molecule has 0 N–H and O–H groups in total. The third-order valence-corrected chi connectivity index (χ3v) is 2.36. The average Bonchev–Trinajstić information content (AvgIpc) is 2.10. The second-order valence-corrected chi connectivity index (χ2v) is 3.51. The summed E-state index contributed by atoms with van der Waals surface area (Å²) in [6, 6.07) is 0. The molecule has 0 aliphatic heterocycles. The molecule has 72 valence electrons. The molecule has 0 aromatic heterocycles. The molecular weight excluding hydrogens is 176 g/mol. The van der Waals surface area contributed by atoms with E-state index in [1.165, 1.54) is 7.11 Å².